The van der Waals surface area contributed by atoms with E-state index in [9.17, 15) is 19.8 Å². The zero-order chi connectivity index (χ0) is 12.1. The molecule has 2 atom stereocenters. The molecule has 0 radical (unpaired) electrons. The van der Waals surface area contributed by atoms with Crippen molar-refractivity contribution >= 4 is 23.6 Å². The second-order valence-electron chi connectivity index (χ2n) is 3.00. The molecule has 88 valence electrons. The number of carbonyl (C=O) groups is 2. The lowest BCUT2D eigenvalue weighted by Gasteiger charge is -2.15. The van der Waals surface area contributed by atoms with E-state index in [1.807, 2.05) is 0 Å². The van der Waals surface area contributed by atoms with Crippen molar-refractivity contribution < 1.29 is 24.5 Å². The first-order chi connectivity index (χ1) is 7.61. The molecule has 6 heteroatoms. The molecule has 0 aromatic carbocycles. The average molecular weight is 244 g/mol. The number of rotatable bonds is 5. The van der Waals surface area contributed by atoms with Gasteiger partial charge in [-0.15, -0.1) is 11.3 Å². The van der Waals surface area contributed by atoms with E-state index in [0.29, 0.717) is 6.29 Å². The van der Waals surface area contributed by atoms with Gasteiger partial charge in [0.1, 0.15) is 6.10 Å². The topological polar surface area (TPSA) is 83.8 Å². The summed E-state index contributed by atoms with van der Waals surface area (Å²) in [6.07, 6.45) is -2.54. The van der Waals surface area contributed by atoms with E-state index in [0.717, 1.165) is 11.3 Å². The van der Waals surface area contributed by atoms with Gasteiger partial charge >= 0.3 is 5.97 Å². The molecule has 2 N–H and O–H groups in total. The van der Waals surface area contributed by atoms with Crippen LogP contribution in [0.1, 0.15) is 28.3 Å². The van der Waals surface area contributed by atoms with Gasteiger partial charge in [-0.3, -0.25) is 4.79 Å². The fourth-order valence-electron chi connectivity index (χ4n) is 1.20. The van der Waals surface area contributed by atoms with E-state index in [1.165, 1.54) is 6.07 Å². The van der Waals surface area contributed by atoms with Crippen molar-refractivity contribution in [1.29, 1.82) is 0 Å². The molecule has 1 heterocycles. The number of aliphatic hydroxyl groups is 2. The minimum absolute atomic E-state index is 0.118. The van der Waals surface area contributed by atoms with Gasteiger partial charge in [-0.2, -0.15) is 0 Å². The summed E-state index contributed by atoms with van der Waals surface area (Å²) in [5.74, 6) is -0.905. The minimum Gasteiger partial charge on any atom is -0.464 e. The molecular formula is C10H12O5S. The smallest absolute Gasteiger partial charge is 0.338 e. The van der Waals surface area contributed by atoms with Crippen molar-refractivity contribution in [2.75, 3.05) is 6.61 Å². The highest BCUT2D eigenvalue weighted by molar-refractivity contribution is 7.11. The van der Waals surface area contributed by atoms with Crippen LogP contribution >= 0.6 is 11.3 Å². The van der Waals surface area contributed by atoms with Crippen molar-refractivity contribution in [2.45, 2.75) is 19.1 Å². The molecule has 0 aliphatic carbocycles. The fourth-order valence-corrected chi connectivity index (χ4v) is 1.94. The monoisotopic (exact) mass is 244 g/mol. The number of carbonyl (C=O) groups excluding carboxylic acids is 2. The molecule has 0 fully saturated rings. The Labute approximate surface area is 96.3 Å². The number of hydrogen-bond acceptors (Lipinski definition) is 6. The summed E-state index contributed by atoms with van der Waals surface area (Å²) in [6.45, 7) is 1.71. The van der Waals surface area contributed by atoms with Gasteiger partial charge in [0.25, 0.3) is 0 Å². The molecule has 16 heavy (non-hydrogen) atoms. The van der Waals surface area contributed by atoms with Crippen LogP contribution < -0.4 is 0 Å². The Morgan fingerprint density at radius 2 is 2.31 bits per heavy atom. The maximum atomic E-state index is 11.2. The normalized spacial score (nSPS) is 14.2. The predicted molar refractivity (Wildman–Crippen MR) is 57.3 cm³/mol. The highest BCUT2D eigenvalue weighted by Crippen LogP contribution is 2.24. The van der Waals surface area contributed by atoms with E-state index in [-0.39, 0.29) is 17.0 Å². The zero-order valence-electron chi connectivity index (χ0n) is 8.62. The predicted octanol–water partition coefficient (Wildman–Crippen LogP) is 0.518. The van der Waals surface area contributed by atoms with E-state index in [4.69, 9.17) is 0 Å². The SMILES string of the molecule is CCOC(=O)C(O)C(O)c1ccsc1C=O. The number of hydrogen-bond donors (Lipinski definition) is 2. The molecule has 0 aliphatic heterocycles. The number of aliphatic hydroxyl groups excluding tert-OH is 2. The van der Waals surface area contributed by atoms with Crippen LogP contribution in [-0.4, -0.2) is 35.2 Å². The van der Waals surface area contributed by atoms with Crippen LogP contribution in [0.25, 0.3) is 0 Å². The summed E-state index contributed by atoms with van der Waals surface area (Å²) < 4.78 is 4.56. The molecule has 0 saturated carbocycles. The number of ether oxygens (including phenoxy) is 1. The summed E-state index contributed by atoms with van der Waals surface area (Å²) in [7, 11) is 0. The number of esters is 1. The Kier molecular flexibility index (Phi) is 4.60. The van der Waals surface area contributed by atoms with Crippen LogP contribution in [0, 0.1) is 0 Å². The quantitative estimate of drug-likeness (QED) is 0.582. The average Bonchev–Trinajstić information content (AvgIpc) is 2.75. The standard InChI is InChI=1S/C10H12O5S/c1-2-15-10(14)9(13)8(12)6-3-4-16-7(6)5-11/h3-5,8-9,12-13H,2H2,1H3. The summed E-state index contributed by atoms with van der Waals surface area (Å²) >= 11 is 1.13. The Hall–Kier alpha value is -1.24. The van der Waals surface area contributed by atoms with E-state index in [2.05, 4.69) is 4.74 Å². The largest absolute Gasteiger partial charge is 0.464 e. The van der Waals surface area contributed by atoms with Crippen LogP contribution in [0.5, 0.6) is 0 Å². The van der Waals surface area contributed by atoms with Crippen LogP contribution in [0.2, 0.25) is 0 Å². The Morgan fingerprint density at radius 1 is 1.62 bits per heavy atom. The lowest BCUT2D eigenvalue weighted by Crippen LogP contribution is -2.30. The zero-order valence-corrected chi connectivity index (χ0v) is 9.44. The third-order valence-electron chi connectivity index (χ3n) is 1.98. The van der Waals surface area contributed by atoms with Crippen LogP contribution in [0.3, 0.4) is 0 Å². The van der Waals surface area contributed by atoms with Crippen LogP contribution in [-0.2, 0) is 9.53 Å². The highest BCUT2D eigenvalue weighted by atomic mass is 32.1. The van der Waals surface area contributed by atoms with Crippen LogP contribution in [0.4, 0.5) is 0 Å². The molecular weight excluding hydrogens is 232 g/mol. The Morgan fingerprint density at radius 3 is 2.88 bits per heavy atom. The lowest BCUT2D eigenvalue weighted by molar-refractivity contribution is -0.159. The molecule has 0 amide bonds. The Bertz CT molecular complexity index is 373. The molecule has 0 aliphatic rings. The van der Waals surface area contributed by atoms with Gasteiger partial charge in [-0.05, 0) is 18.4 Å². The van der Waals surface area contributed by atoms with Crippen molar-refractivity contribution in [1.82, 2.24) is 0 Å². The third-order valence-corrected chi connectivity index (χ3v) is 2.84. The van der Waals surface area contributed by atoms with Crippen molar-refractivity contribution in [2.24, 2.45) is 0 Å². The molecule has 0 bridgehead atoms. The molecule has 5 nitrogen and oxygen atoms in total. The molecule has 2 unspecified atom stereocenters. The van der Waals surface area contributed by atoms with Gasteiger partial charge in [0.05, 0.1) is 11.5 Å². The molecule has 1 rings (SSSR count). The molecule has 1 aromatic rings. The summed E-state index contributed by atoms with van der Waals surface area (Å²) in [6, 6.07) is 1.49. The van der Waals surface area contributed by atoms with Gasteiger partial charge < -0.3 is 14.9 Å². The van der Waals surface area contributed by atoms with E-state index in [1.54, 1.807) is 12.3 Å². The van der Waals surface area contributed by atoms with Crippen molar-refractivity contribution in [3.8, 4) is 0 Å². The third kappa shape index (κ3) is 2.66. The number of aldehydes is 1. The fraction of sp³-hybridized carbons (Fsp3) is 0.400. The van der Waals surface area contributed by atoms with Gasteiger partial charge in [-0.25, -0.2) is 4.79 Å². The lowest BCUT2D eigenvalue weighted by atomic mass is 10.1. The number of thiophene rings is 1. The molecule has 0 spiro atoms. The first-order valence-corrected chi connectivity index (χ1v) is 5.55. The van der Waals surface area contributed by atoms with Gasteiger partial charge in [-0.1, -0.05) is 0 Å². The van der Waals surface area contributed by atoms with E-state index < -0.39 is 18.2 Å². The maximum Gasteiger partial charge on any atom is 0.338 e. The first-order valence-electron chi connectivity index (χ1n) is 4.67. The first kappa shape index (κ1) is 12.8. The minimum atomic E-state index is -1.67. The summed E-state index contributed by atoms with van der Waals surface area (Å²) in [5.41, 5.74) is 0.237. The van der Waals surface area contributed by atoms with Crippen LogP contribution in [0.15, 0.2) is 11.4 Å². The van der Waals surface area contributed by atoms with Crippen molar-refractivity contribution in [3.05, 3.63) is 21.9 Å². The molecule has 0 saturated heterocycles. The Balaban J connectivity index is 2.81. The van der Waals surface area contributed by atoms with Crippen molar-refractivity contribution in [3.63, 3.8) is 0 Å². The summed E-state index contributed by atoms with van der Waals surface area (Å²) in [5, 5.41) is 20.8. The molecule has 1 aromatic heterocycles. The van der Waals surface area contributed by atoms with Gasteiger partial charge in [0, 0.05) is 5.56 Å². The highest BCUT2D eigenvalue weighted by Gasteiger charge is 2.28. The maximum absolute atomic E-state index is 11.2. The van der Waals surface area contributed by atoms with E-state index >= 15 is 0 Å². The van der Waals surface area contributed by atoms with Gasteiger partial charge in [0.15, 0.2) is 12.4 Å². The summed E-state index contributed by atoms with van der Waals surface area (Å²) in [4.78, 5) is 22.1. The second-order valence-corrected chi connectivity index (χ2v) is 3.95. The second kappa shape index (κ2) is 5.74. The van der Waals surface area contributed by atoms with Gasteiger partial charge in [0.2, 0.25) is 0 Å².